The number of rotatable bonds is 5. The Morgan fingerprint density at radius 3 is 2.82 bits per heavy atom. The highest BCUT2D eigenvalue weighted by Gasteiger charge is 2.13. The van der Waals surface area contributed by atoms with E-state index >= 15 is 0 Å². The van der Waals surface area contributed by atoms with E-state index in [0.717, 1.165) is 36.5 Å². The number of benzene rings is 1. The zero-order chi connectivity index (χ0) is 12.3. The van der Waals surface area contributed by atoms with E-state index < -0.39 is 0 Å². The summed E-state index contributed by atoms with van der Waals surface area (Å²) in [5, 5.41) is 4.35. The Bertz CT molecular complexity index is 502. The summed E-state index contributed by atoms with van der Waals surface area (Å²) in [5.41, 5.74) is 2.23. The summed E-state index contributed by atoms with van der Waals surface area (Å²) in [5.74, 6) is 1.88. The molecule has 1 aromatic carbocycles. The lowest BCUT2D eigenvalue weighted by molar-refractivity contribution is 0.414. The van der Waals surface area contributed by atoms with E-state index in [-0.39, 0.29) is 0 Å². The molecule has 0 radical (unpaired) electrons. The Hall–Kier alpha value is -1.48. The van der Waals surface area contributed by atoms with Crippen LogP contribution in [0.1, 0.15) is 24.7 Å². The van der Waals surface area contributed by atoms with Gasteiger partial charge in [0.25, 0.3) is 0 Å². The number of nitrogens with one attached hydrogen (secondary N) is 1. The molecule has 1 aromatic heterocycles. The van der Waals surface area contributed by atoms with Gasteiger partial charge in [-0.2, -0.15) is 0 Å². The van der Waals surface area contributed by atoms with Crippen LogP contribution in [0.5, 0.6) is 5.75 Å². The molecule has 92 valence electrons. The van der Waals surface area contributed by atoms with Crippen molar-refractivity contribution in [1.82, 2.24) is 5.32 Å². The maximum Gasteiger partial charge on any atom is 0.138 e. The van der Waals surface area contributed by atoms with Crippen molar-refractivity contribution in [3.63, 3.8) is 0 Å². The average molecular weight is 233 g/mol. The van der Waals surface area contributed by atoms with Crippen LogP contribution in [0.2, 0.25) is 0 Å². The predicted octanol–water partition coefficient (Wildman–Crippen LogP) is 3.11. The maximum absolute atomic E-state index is 5.89. The van der Waals surface area contributed by atoms with Crippen LogP contribution in [0, 0.1) is 0 Å². The third kappa shape index (κ3) is 2.29. The summed E-state index contributed by atoms with van der Waals surface area (Å²) < 4.78 is 11.1. The van der Waals surface area contributed by atoms with Crippen LogP contribution < -0.4 is 10.1 Å². The Labute approximate surface area is 102 Å². The molecule has 17 heavy (non-hydrogen) atoms. The molecule has 0 amide bonds. The molecule has 0 atom stereocenters. The van der Waals surface area contributed by atoms with Crippen LogP contribution in [-0.4, -0.2) is 14.2 Å². The maximum atomic E-state index is 5.89. The molecule has 0 bridgehead atoms. The average Bonchev–Trinajstić information content (AvgIpc) is 2.68. The van der Waals surface area contributed by atoms with Crippen LogP contribution in [0.3, 0.4) is 0 Å². The van der Waals surface area contributed by atoms with E-state index in [0.29, 0.717) is 0 Å². The van der Waals surface area contributed by atoms with Gasteiger partial charge >= 0.3 is 0 Å². The van der Waals surface area contributed by atoms with Gasteiger partial charge in [-0.25, -0.2) is 0 Å². The monoisotopic (exact) mass is 233 g/mol. The number of hydrogen-bond donors (Lipinski definition) is 1. The quantitative estimate of drug-likeness (QED) is 0.861. The lowest BCUT2D eigenvalue weighted by Gasteiger charge is -2.00. The first kappa shape index (κ1) is 12.0. The standard InChI is InChI=1S/C14H19NO2/c1-4-5-11-12-7-6-10(16-3)8-13(12)17-14(11)9-15-2/h6-8,15H,4-5,9H2,1-3H3. The van der Waals surface area contributed by atoms with E-state index in [9.17, 15) is 0 Å². The third-order valence-corrected chi connectivity index (χ3v) is 2.92. The van der Waals surface area contributed by atoms with Crippen molar-refractivity contribution < 1.29 is 9.15 Å². The molecule has 2 aromatic rings. The molecular formula is C14H19NO2. The van der Waals surface area contributed by atoms with Gasteiger partial charge in [0.1, 0.15) is 17.1 Å². The zero-order valence-electron chi connectivity index (χ0n) is 10.7. The number of furan rings is 1. The first-order valence-electron chi connectivity index (χ1n) is 6.03. The molecule has 0 fully saturated rings. The molecule has 0 aliphatic carbocycles. The van der Waals surface area contributed by atoms with Gasteiger partial charge < -0.3 is 14.5 Å². The molecule has 0 spiro atoms. The van der Waals surface area contributed by atoms with Gasteiger partial charge in [0.15, 0.2) is 0 Å². The fourth-order valence-electron chi connectivity index (χ4n) is 2.14. The van der Waals surface area contributed by atoms with E-state index in [1.807, 2.05) is 19.2 Å². The molecule has 2 rings (SSSR count). The van der Waals surface area contributed by atoms with Crippen molar-refractivity contribution in [3.05, 3.63) is 29.5 Å². The summed E-state index contributed by atoms with van der Waals surface area (Å²) in [4.78, 5) is 0. The van der Waals surface area contributed by atoms with Crippen LogP contribution >= 0.6 is 0 Å². The minimum absolute atomic E-state index is 0.770. The van der Waals surface area contributed by atoms with Gasteiger partial charge in [-0.3, -0.25) is 0 Å². The Balaban J connectivity index is 2.52. The van der Waals surface area contributed by atoms with Gasteiger partial charge in [-0.05, 0) is 25.6 Å². The molecule has 1 heterocycles. The van der Waals surface area contributed by atoms with Crippen LogP contribution in [0.4, 0.5) is 0 Å². The largest absolute Gasteiger partial charge is 0.497 e. The van der Waals surface area contributed by atoms with Gasteiger partial charge in [-0.1, -0.05) is 13.3 Å². The smallest absolute Gasteiger partial charge is 0.138 e. The van der Waals surface area contributed by atoms with Crippen molar-refractivity contribution in [3.8, 4) is 5.75 Å². The van der Waals surface area contributed by atoms with Gasteiger partial charge in [0.2, 0.25) is 0 Å². The number of hydrogen-bond acceptors (Lipinski definition) is 3. The lowest BCUT2D eigenvalue weighted by atomic mass is 10.1. The number of methoxy groups -OCH3 is 1. The first-order chi connectivity index (χ1) is 8.30. The summed E-state index contributed by atoms with van der Waals surface area (Å²) in [7, 11) is 3.61. The molecular weight excluding hydrogens is 214 g/mol. The molecule has 3 heteroatoms. The second-order valence-corrected chi connectivity index (χ2v) is 4.15. The third-order valence-electron chi connectivity index (χ3n) is 2.92. The normalized spacial score (nSPS) is 11.0. The van der Waals surface area contributed by atoms with Crippen molar-refractivity contribution >= 4 is 11.0 Å². The van der Waals surface area contributed by atoms with Gasteiger partial charge in [-0.15, -0.1) is 0 Å². The number of ether oxygens (including phenoxy) is 1. The molecule has 0 aliphatic rings. The Kier molecular flexibility index (Phi) is 3.69. The van der Waals surface area contributed by atoms with Gasteiger partial charge in [0, 0.05) is 17.0 Å². The highest BCUT2D eigenvalue weighted by Crippen LogP contribution is 2.30. The minimum atomic E-state index is 0.770. The number of aryl methyl sites for hydroxylation is 1. The summed E-state index contributed by atoms with van der Waals surface area (Å²) >= 11 is 0. The predicted molar refractivity (Wildman–Crippen MR) is 69.5 cm³/mol. The molecule has 1 N–H and O–H groups in total. The van der Waals surface area contributed by atoms with Crippen LogP contribution in [0.25, 0.3) is 11.0 Å². The molecule has 0 saturated heterocycles. The second-order valence-electron chi connectivity index (χ2n) is 4.15. The number of fused-ring (bicyclic) bond motifs is 1. The topological polar surface area (TPSA) is 34.4 Å². The van der Waals surface area contributed by atoms with Crippen molar-refractivity contribution in [1.29, 1.82) is 0 Å². The van der Waals surface area contributed by atoms with E-state index in [1.54, 1.807) is 7.11 Å². The fourth-order valence-corrected chi connectivity index (χ4v) is 2.14. The van der Waals surface area contributed by atoms with Crippen molar-refractivity contribution in [2.24, 2.45) is 0 Å². The van der Waals surface area contributed by atoms with E-state index in [4.69, 9.17) is 9.15 Å². The highest BCUT2D eigenvalue weighted by atomic mass is 16.5. The second kappa shape index (κ2) is 5.23. The molecule has 0 saturated carbocycles. The lowest BCUT2D eigenvalue weighted by Crippen LogP contribution is -2.05. The van der Waals surface area contributed by atoms with Crippen LogP contribution in [-0.2, 0) is 13.0 Å². The zero-order valence-corrected chi connectivity index (χ0v) is 10.7. The first-order valence-corrected chi connectivity index (χ1v) is 6.03. The van der Waals surface area contributed by atoms with E-state index in [1.165, 1.54) is 10.9 Å². The molecule has 0 aliphatic heterocycles. The summed E-state index contributed by atoms with van der Waals surface area (Å²) in [6, 6.07) is 6.02. The summed E-state index contributed by atoms with van der Waals surface area (Å²) in [6.07, 6.45) is 2.17. The molecule has 3 nitrogen and oxygen atoms in total. The van der Waals surface area contributed by atoms with Crippen molar-refractivity contribution in [2.75, 3.05) is 14.2 Å². The minimum Gasteiger partial charge on any atom is -0.497 e. The Morgan fingerprint density at radius 1 is 1.35 bits per heavy atom. The van der Waals surface area contributed by atoms with Crippen LogP contribution in [0.15, 0.2) is 22.6 Å². The highest BCUT2D eigenvalue weighted by molar-refractivity contribution is 5.83. The SMILES string of the molecule is CCCc1c(CNC)oc2cc(OC)ccc12. The summed E-state index contributed by atoms with van der Waals surface area (Å²) in [6.45, 7) is 2.96. The Morgan fingerprint density at radius 2 is 2.18 bits per heavy atom. The van der Waals surface area contributed by atoms with Crippen molar-refractivity contribution in [2.45, 2.75) is 26.3 Å². The van der Waals surface area contributed by atoms with Gasteiger partial charge in [0.05, 0.1) is 13.7 Å². The fraction of sp³-hybridized carbons (Fsp3) is 0.429. The molecule has 0 unspecified atom stereocenters. The van der Waals surface area contributed by atoms with E-state index in [2.05, 4.69) is 18.3 Å².